The number of thioether (sulfide) groups is 1. The molecule has 17 heavy (non-hydrogen) atoms. The highest BCUT2D eigenvalue weighted by atomic mass is 35.5. The van der Waals surface area contributed by atoms with Crippen LogP contribution in [0, 0.1) is 0 Å². The van der Waals surface area contributed by atoms with E-state index in [2.05, 4.69) is 18.3 Å². The molecule has 0 aliphatic rings. The van der Waals surface area contributed by atoms with Gasteiger partial charge < -0.3 is 10.1 Å². The van der Waals surface area contributed by atoms with Gasteiger partial charge in [0.2, 0.25) is 0 Å². The molecule has 0 aromatic heterocycles. The molecule has 0 heterocycles. The zero-order chi connectivity index (χ0) is 12.5. The van der Waals surface area contributed by atoms with E-state index in [0.717, 1.165) is 36.9 Å². The molecule has 0 aliphatic heterocycles. The highest BCUT2D eigenvalue weighted by Crippen LogP contribution is 2.31. The monoisotopic (exact) mass is 273 g/mol. The molecule has 1 N–H and O–H groups in total. The van der Waals surface area contributed by atoms with E-state index in [-0.39, 0.29) is 0 Å². The van der Waals surface area contributed by atoms with Gasteiger partial charge in [0.05, 0.1) is 5.02 Å². The molecule has 0 spiro atoms. The molecule has 0 bridgehead atoms. The number of methoxy groups -OCH3 is 1. The summed E-state index contributed by atoms with van der Waals surface area (Å²) in [6, 6.07) is 6.09. The van der Waals surface area contributed by atoms with E-state index in [1.54, 1.807) is 7.11 Å². The summed E-state index contributed by atoms with van der Waals surface area (Å²) in [6.45, 7) is 4.76. The number of hydrogen-bond acceptors (Lipinski definition) is 3. The van der Waals surface area contributed by atoms with E-state index in [1.807, 2.05) is 23.9 Å². The van der Waals surface area contributed by atoms with Crippen LogP contribution in [0.3, 0.4) is 0 Å². The van der Waals surface area contributed by atoms with E-state index in [0.29, 0.717) is 0 Å². The predicted molar refractivity (Wildman–Crippen MR) is 76.0 cm³/mol. The molecule has 0 amide bonds. The van der Waals surface area contributed by atoms with Crippen LogP contribution in [0.25, 0.3) is 0 Å². The van der Waals surface area contributed by atoms with Gasteiger partial charge in [-0.15, -0.1) is 11.8 Å². The Bertz CT molecular complexity index is 333. The van der Waals surface area contributed by atoms with Gasteiger partial charge in [0.15, 0.2) is 0 Å². The van der Waals surface area contributed by atoms with Crippen molar-refractivity contribution in [1.29, 1.82) is 0 Å². The maximum atomic E-state index is 6.24. The van der Waals surface area contributed by atoms with Gasteiger partial charge in [-0.05, 0) is 24.6 Å². The number of ether oxygens (including phenoxy) is 1. The van der Waals surface area contributed by atoms with Gasteiger partial charge in [-0.25, -0.2) is 0 Å². The lowest BCUT2D eigenvalue weighted by Crippen LogP contribution is -2.12. The van der Waals surface area contributed by atoms with Crippen LogP contribution in [0.15, 0.2) is 23.1 Å². The Morgan fingerprint density at radius 2 is 2.24 bits per heavy atom. The molecule has 0 atom stereocenters. The first kappa shape index (κ1) is 14.8. The molecule has 0 radical (unpaired) electrons. The average molecular weight is 274 g/mol. The summed E-state index contributed by atoms with van der Waals surface area (Å²) in [5.41, 5.74) is 1.28. The first-order valence-electron chi connectivity index (χ1n) is 5.89. The Labute approximate surface area is 113 Å². The van der Waals surface area contributed by atoms with Crippen LogP contribution in [0.4, 0.5) is 0 Å². The summed E-state index contributed by atoms with van der Waals surface area (Å²) >= 11 is 8.05. The lowest BCUT2D eigenvalue weighted by molar-refractivity contribution is 0.200. The third-order valence-electron chi connectivity index (χ3n) is 2.35. The van der Waals surface area contributed by atoms with Gasteiger partial charge in [0, 0.05) is 30.9 Å². The van der Waals surface area contributed by atoms with Crippen LogP contribution in [0.5, 0.6) is 0 Å². The summed E-state index contributed by atoms with van der Waals surface area (Å²) < 4.78 is 5.05. The average Bonchev–Trinajstić information content (AvgIpc) is 2.34. The molecular formula is C13H20ClNOS. The maximum Gasteiger partial charge on any atom is 0.0545 e. The topological polar surface area (TPSA) is 21.3 Å². The summed E-state index contributed by atoms with van der Waals surface area (Å²) in [6.07, 6.45) is 1.05. The standard InChI is InChI=1S/C13H20ClNOS/c1-3-15-10-11-6-4-7-12(14)13(11)17-9-5-8-16-2/h4,6-7,15H,3,5,8-10H2,1-2H3. The van der Waals surface area contributed by atoms with E-state index >= 15 is 0 Å². The number of benzene rings is 1. The fourth-order valence-electron chi connectivity index (χ4n) is 1.49. The van der Waals surface area contributed by atoms with E-state index in [9.17, 15) is 0 Å². The normalized spacial score (nSPS) is 10.8. The molecule has 2 nitrogen and oxygen atoms in total. The largest absolute Gasteiger partial charge is 0.385 e. The fraction of sp³-hybridized carbons (Fsp3) is 0.538. The Kier molecular flexibility index (Phi) is 7.69. The van der Waals surface area contributed by atoms with Crippen LogP contribution < -0.4 is 5.32 Å². The van der Waals surface area contributed by atoms with Crippen LogP contribution in [-0.4, -0.2) is 26.0 Å². The molecule has 1 aromatic rings. The van der Waals surface area contributed by atoms with Gasteiger partial charge in [-0.2, -0.15) is 0 Å². The molecule has 96 valence electrons. The van der Waals surface area contributed by atoms with Gasteiger partial charge in [0.1, 0.15) is 0 Å². The number of hydrogen-bond donors (Lipinski definition) is 1. The van der Waals surface area contributed by atoms with Crippen molar-refractivity contribution in [2.75, 3.05) is 26.0 Å². The SMILES string of the molecule is CCNCc1cccc(Cl)c1SCCCOC. The third kappa shape index (κ3) is 5.30. The lowest BCUT2D eigenvalue weighted by atomic mass is 10.2. The highest BCUT2D eigenvalue weighted by molar-refractivity contribution is 7.99. The van der Waals surface area contributed by atoms with Gasteiger partial charge in [0.25, 0.3) is 0 Å². The van der Waals surface area contributed by atoms with Crippen molar-refractivity contribution in [2.24, 2.45) is 0 Å². The molecule has 0 aliphatic carbocycles. The van der Waals surface area contributed by atoms with E-state index in [4.69, 9.17) is 16.3 Å². The first-order chi connectivity index (χ1) is 8.29. The van der Waals surface area contributed by atoms with E-state index < -0.39 is 0 Å². The van der Waals surface area contributed by atoms with Crippen LogP contribution in [-0.2, 0) is 11.3 Å². The van der Waals surface area contributed by atoms with Crippen molar-refractivity contribution >= 4 is 23.4 Å². The first-order valence-corrected chi connectivity index (χ1v) is 7.25. The zero-order valence-corrected chi connectivity index (χ0v) is 12.0. The Morgan fingerprint density at radius 3 is 2.94 bits per heavy atom. The second-order valence-electron chi connectivity index (χ2n) is 3.70. The number of halogens is 1. The smallest absolute Gasteiger partial charge is 0.0545 e. The summed E-state index contributed by atoms with van der Waals surface area (Å²) in [4.78, 5) is 1.20. The summed E-state index contributed by atoms with van der Waals surface area (Å²) in [5.74, 6) is 1.04. The van der Waals surface area contributed by atoms with Crippen LogP contribution in [0.1, 0.15) is 18.9 Å². The minimum Gasteiger partial charge on any atom is -0.385 e. The van der Waals surface area contributed by atoms with Crippen LogP contribution >= 0.6 is 23.4 Å². The second kappa shape index (κ2) is 8.81. The van der Waals surface area contributed by atoms with Crippen molar-refractivity contribution in [3.05, 3.63) is 28.8 Å². The number of rotatable bonds is 8. The Morgan fingerprint density at radius 1 is 1.41 bits per heavy atom. The van der Waals surface area contributed by atoms with E-state index in [1.165, 1.54) is 10.5 Å². The minimum absolute atomic E-state index is 0.806. The van der Waals surface area contributed by atoms with Crippen molar-refractivity contribution < 1.29 is 4.74 Å². The molecule has 0 fully saturated rings. The molecule has 1 aromatic carbocycles. The third-order valence-corrected chi connectivity index (χ3v) is 4.04. The summed E-state index contributed by atoms with van der Waals surface area (Å²) in [7, 11) is 1.73. The second-order valence-corrected chi connectivity index (χ2v) is 5.22. The maximum absolute atomic E-state index is 6.24. The van der Waals surface area contributed by atoms with Crippen molar-refractivity contribution in [2.45, 2.75) is 24.8 Å². The minimum atomic E-state index is 0.806. The molecule has 0 saturated heterocycles. The highest BCUT2D eigenvalue weighted by Gasteiger charge is 2.06. The van der Waals surface area contributed by atoms with Crippen molar-refractivity contribution in [1.82, 2.24) is 5.32 Å². The van der Waals surface area contributed by atoms with Gasteiger partial charge >= 0.3 is 0 Å². The quantitative estimate of drug-likeness (QED) is 0.578. The molecule has 0 saturated carbocycles. The van der Waals surface area contributed by atoms with Crippen molar-refractivity contribution in [3.63, 3.8) is 0 Å². The Hall–Kier alpha value is -0.220. The van der Waals surface area contributed by atoms with Gasteiger partial charge in [-0.1, -0.05) is 30.7 Å². The molecule has 1 rings (SSSR count). The molecule has 4 heteroatoms. The predicted octanol–water partition coefficient (Wildman–Crippen LogP) is 3.58. The fourth-order valence-corrected chi connectivity index (χ4v) is 2.85. The lowest BCUT2D eigenvalue weighted by Gasteiger charge is -2.11. The molecule has 0 unspecified atom stereocenters. The molecular weight excluding hydrogens is 254 g/mol. The number of nitrogens with one attached hydrogen (secondary N) is 1. The van der Waals surface area contributed by atoms with Crippen molar-refractivity contribution in [3.8, 4) is 0 Å². The van der Waals surface area contributed by atoms with Gasteiger partial charge in [-0.3, -0.25) is 0 Å². The van der Waals surface area contributed by atoms with Crippen LogP contribution in [0.2, 0.25) is 5.02 Å². The zero-order valence-electron chi connectivity index (χ0n) is 10.5. The summed E-state index contributed by atoms with van der Waals surface area (Å²) in [5, 5.41) is 4.19. The Balaban J connectivity index is 2.60.